The largest absolute Gasteiger partial charge is 0.457 e. The van der Waals surface area contributed by atoms with Crippen LogP contribution in [0.15, 0.2) is 54.6 Å². The molecular weight excluding hydrogens is 472 g/mol. The molecule has 1 N–H and O–H groups in total. The van der Waals surface area contributed by atoms with Gasteiger partial charge < -0.3 is 20.2 Å². The molecule has 0 spiro atoms. The third kappa shape index (κ3) is 5.33. The van der Waals surface area contributed by atoms with E-state index in [4.69, 9.17) is 16.3 Å². The van der Waals surface area contributed by atoms with E-state index in [-0.39, 0.29) is 11.6 Å². The Morgan fingerprint density at radius 3 is 2.43 bits per heavy atom. The molecule has 0 bridgehead atoms. The molecule has 2 aromatic heterocycles. The van der Waals surface area contributed by atoms with Gasteiger partial charge in [0.15, 0.2) is 5.02 Å². The topological polar surface area (TPSA) is 117 Å². The maximum absolute atomic E-state index is 12.7. The molecular formula is C24H23ClN6O4. The SMILES string of the molecule is Cc1nn(Cc2cccc(Oc3ccccc3)c2)c(C)c1NC(=O)Cn1nc([N+](=O)[O-])c(Cl)c1C. The van der Waals surface area contributed by atoms with Crippen LogP contribution in [0.3, 0.4) is 0 Å². The number of nitro groups is 1. The number of amides is 1. The quantitative estimate of drug-likeness (QED) is 0.270. The highest BCUT2D eigenvalue weighted by Gasteiger charge is 2.25. The van der Waals surface area contributed by atoms with E-state index in [0.29, 0.717) is 29.4 Å². The van der Waals surface area contributed by atoms with E-state index in [1.807, 2.05) is 61.5 Å². The number of aromatic nitrogens is 4. The fourth-order valence-electron chi connectivity index (χ4n) is 3.63. The molecule has 0 atom stereocenters. The van der Waals surface area contributed by atoms with Crippen LogP contribution >= 0.6 is 11.6 Å². The number of rotatable bonds is 8. The number of halogens is 1. The monoisotopic (exact) mass is 494 g/mol. The second-order valence-corrected chi connectivity index (χ2v) is 8.33. The number of carbonyl (C=O) groups excluding carboxylic acids is 1. The van der Waals surface area contributed by atoms with Crippen molar-refractivity contribution in [1.82, 2.24) is 19.6 Å². The van der Waals surface area contributed by atoms with Crippen molar-refractivity contribution in [3.8, 4) is 11.5 Å². The van der Waals surface area contributed by atoms with Gasteiger partial charge in [0.1, 0.15) is 18.0 Å². The Labute approximate surface area is 206 Å². The molecule has 11 heteroatoms. The average Bonchev–Trinajstić information content (AvgIpc) is 3.25. The summed E-state index contributed by atoms with van der Waals surface area (Å²) in [5, 5.41) is 22.2. The first-order chi connectivity index (χ1) is 16.7. The number of anilines is 1. The summed E-state index contributed by atoms with van der Waals surface area (Å²) in [7, 11) is 0. The maximum Gasteiger partial charge on any atom is 0.408 e. The van der Waals surface area contributed by atoms with E-state index in [1.165, 1.54) is 4.68 Å². The summed E-state index contributed by atoms with van der Waals surface area (Å²) in [5.74, 6) is 0.590. The lowest BCUT2D eigenvalue weighted by Gasteiger charge is -2.09. The highest BCUT2D eigenvalue weighted by atomic mass is 35.5. The van der Waals surface area contributed by atoms with Crippen LogP contribution in [0.2, 0.25) is 5.02 Å². The van der Waals surface area contributed by atoms with E-state index in [0.717, 1.165) is 17.0 Å². The van der Waals surface area contributed by atoms with E-state index in [9.17, 15) is 14.9 Å². The Balaban J connectivity index is 1.47. The van der Waals surface area contributed by atoms with Gasteiger partial charge in [0.05, 0.1) is 34.4 Å². The Bertz CT molecular complexity index is 1400. The predicted octanol–water partition coefficient (Wildman–Crippen LogP) is 5.05. The van der Waals surface area contributed by atoms with E-state index in [2.05, 4.69) is 15.5 Å². The summed E-state index contributed by atoms with van der Waals surface area (Å²) < 4.78 is 8.92. The van der Waals surface area contributed by atoms with Gasteiger partial charge in [-0.15, -0.1) is 0 Å². The van der Waals surface area contributed by atoms with Gasteiger partial charge in [0, 0.05) is 0 Å². The van der Waals surface area contributed by atoms with Gasteiger partial charge in [0.25, 0.3) is 0 Å². The number of para-hydroxylation sites is 1. The number of benzene rings is 2. The minimum Gasteiger partial charge on any atom is -0.457 e. The smallest absolute Gasteiger partial charge is 0.408 e. The summed E-state index contributed by atoms with van der Waals surface area (Å²) >= 11 is 5.96. The summed E-state index contributed by atoms with van der Waals surface area (Å²) in [4.78, 5) is 23.0. The number of hydrogen-bond donors (Lipinski definition) is 1. The van der Waals surface area contributed by atoms with Crippen LogP contribution in [0, 0.1) is 30.9 Å². The molecule has 35 heavy (non-hydrogen) atoms. The molecule has 0 aliphatic heterocycles. The van der Waals surface area contributed by atoms with Crippen LogP contribution in [0.5, 0.6) is 11.5 Å². The molecule has 2 heterocycles. The van der Waals surface area contributed by atoms with Crippen molar-refractivity contribution in [3.05, 3.63) is 92.4 Å². The molecule has 0 aliphatic rings. The molecule has 0 aliphatic carbocycles. The molecule has 0 saturated carbocycles. The third-order valence-corrected chi connectivity index (χ3v) is 5.88. The zero-order chi connectivity index (χ0) is 25.1. The van der Waals surface area contributed by atoms with Crippen LogP contribution in [-0.4, -0.2) is 30.4 Å². The predicted molar refractivity (Wildman–Crippen MR) is 131 cm³/mol. The zero-order valence-corrected chi connectivity index (χ0v) is 20.1. The van der Waals surface area contributed by atoms with Gasteiger partial charge in [0.2, 0.25) is 5.91 Å². The zero-order valence-electron chi connectivity index (χ0n) is 19.4. The van der Waals surface area contributed by atoms with Crippen molar-refractivity contribution >= 4 is 29.0 Å². The average molecular weight is 495 g/mol. The van der Waals surface area contributed by atoms with Crippen molar-refractivity contribution in [2.45, 2.75) is 33.9 Å². The normalized spacial score (nSPS) is 10.9. The molecule has 1 amide bonds. The molecule has 0 saturated heterocycles. The molecule has 4 rings (SSSR count). The minimum absolute atomic E-state index is 0.0820. The van der Waals surface area contributed by atoms with Crippen molar-refractivity contribution in [1.29, 1.82) is 0 Å². The first-order valence-electron chi connectivity index (χ1n) is 10.8. The van der Waals surface area contributed by atoms with E-state index < -0.39 is 16.6 Å². The number of carbonyl (C=O) groups is 1. The lowest BCUT2D eigenvalue weighted by atomic mass is 10.2. The Morgan fingerprint density at radius 1 is 1.03 bits per heavy atom. The van der Waals surface area contributed by atoms with Crippen LogP contribution in [0.1, 0.15) is 22.6 Å². The lowest BCUT2D eigenvalue weighted by Crippen LogP contribution is -2.21. The Morgan fingerprint density at radius 2 is 1.74 bits per heavy atom. The van der Waals surface area contributed by atoms with Crippen LogP contribution < -0.4 is 10.1 Å². The molecule has 0 fully saturated rings. The first-order valence-corrected chi connectivity index (χ1v) is 11.1. The highest BCUT2D eigenvalue weighted by molar-refractivity contribution is 6.33. The fourth-order valence-corrected chi connectivity index (χ4v) is 3.83. The van der Waals surface area contributed by atoms with Gasteiger partial charge in [-0.3, -0.25) is 9.48 Å². The van der Waals surface area contributed by atoms with Gasteiger partial charge in [-0.25, -0.2) is 0 Å². The summed E-state index contributed by atoms with van der Waals surface area (Å²) in [6.07, 6.45) is 0. The molecule has 0 unspecified atom stereocenters. The summed E-state index contributed by atoms with van der Waals surface area (Å²) in [5.41, 5.74) is 3.32. The van der Waals surface area contributed by atoms with Gasteiger partial charge in [-0.2, -0.15) is 9.78 Å². The third-order valence-electron chi connectivity index (χ3n) is 5.44. The van der Waals surface area contributed by atoms with Crippen molar-refractivity contribution in [2.75, 3.05) is 5.32 Å². The van der Waals surface area contributed by atoms with Crippen molar-refractivity contribution in [3.63, 3.8) is 0 Å². The Hall–Kier alpha value is -4.18. The van der Waals surface area contributed by atoms with Gasteiger partial charge >= 0.3 is 5.82 Å². The number of nitrogens with one attached hydrogen (secondary N) is 1. The molecule has 10 nitrogen and oxygen atoms in total. The number of aryl methyl sites for hydroxylation is 1. The van der Waals surface area contributed by atoms with Crippen LogP contribution in [0.4, 0.5) is 11.5 Å². The number of hydrogen-bond acceptors (Lipinski definition) is 6. The van der Waals surface area contributed by atoms with Gasteiger partial charge in [-0.1, -0.05) is 41.9 Å². The molecule has 0 radical (unpaired) electrons. The van der Waals surface area contributed by atoms with Crippen molar-refractivity contribution in [2.24, 2.45) is 0 Å². The molecule has 180 valence electrons. The summed E-state index contributed by atoms with van der Waals surface area (Å²) in [6, 6.07) is 17.2. The summed E-state index contributed by atoms with van der Waals surface area (Å²) in [6.45, 7) is 5.49. The number of ether oxygens (including phenoxy) is 1. The molecule has 2 aromatic carbocycles. The number of nitrogens with zero attached hydrogens (tertiary/aromatic N) is 5. The first kappa shape index (κ1) is 24.0. The van der Waals surface area contributed by atoms with Crippen LogP contribution in [0.25, 0.3) is 0 Å². The van der Waals surface area contributed by atoms with Crippen molar-refractivity contribution < 1.29 is 14.5 Å². The standard InChI is InChI=1S/C24H23ClN6O4/c1-15-23(26-21(32)14-30-16(2)22(25)24(28-30)31(33)34)17(3)29(27-15)13-18-8-7-11-20(12-18)35-19-9-5-4-6-10-19/h4-12H,13-14H2,1-3H3,(H,26,32). The minimum atomic E-state index is -0.679. The van der Waals surface area contributed by atoms with Crippen LogP contribution in [-0.2, 0) is 17.9 Å². The van der Waals surface area contributed by atoms with Gasteiger partial charge in [-0.05, 0) is 55.5 Å². The highest BCUT2D eigenvalue weighted by Crippen LogP contribution is 2.27. The maximum atomic E-state index is 12.7. The fraction of sp³-hybridized carbons (Fsp3) is 0.208. The molecule has 4 aromatic rings. The second-order valence-electron chi connectivity index (χ2n) is 7.95. The lowest BCUT2D eigenvalue weighted by molar-refractivity contribution is -0.389. The Kier molecular flexibility index (Phi) is 6.83. The van der Waals surface area contributed by atoms with E-state index >= 15 is 0 Å². The van der Waals surface area contributed by atoms with E-state index in [1.54, 1.807) is 18.5 Å². The second kappa shape index (κ2) is 9.98.